The molecule has 0 fully saturated rings. The highest BCUT2D eigenvalue weighted by Crippen LogP contribution is 2.13. The molecular weight excluding hydrogens is 304 g/mol. The monoisotopic (exact) mass is 322 g/mol. The zero-order valence-electron chi connectivity index (χ0n) is 12.4. The van der Waals surface area contributed by atoms with Gasteiger partial charge in [-0.05, 0) is 36.8 Å². The van der Waals surface area contributed by atoms with Crippen molar-refractivity contribution < 1.29 is 8.42 Å². The van der Waals surface area contributed by atoms with Crippen LogP contribution in [0.2, 0.25) is 0 Å². The highest BCUT2D eigenvalue weighted by molar-refractivity contribution is 7.88. The Kier molecular flexibility index (Phi) is 5.23. The predicted octanol–water partition coefficient (Wildman–Crippen LogP) is 0.885. The standard InChI is InChI=1S/C13H18N6O2S/c1-10-5-6-14-13(9-10)17-12-4-3-11(18-19-12)15-7-8-16-22(2,20)21/h3-6,9,16H,7-8H2,1-2H3,(H,15,18)(H,14,17,19). The maximum atomic E-state index is 10.9. The number of pyridine rings is 1. The van der Waals surface area contributed by atoms with Crippen molar-refractivity contribution in [3.63, 3.8) is 0 Å². The Hall–Kier alpha value is -2.26. The SMILES string of the molecule is Cc1ccnc(Nc2ccc(NCCNS(C)(=O)=O)nn2)c1. The number of aryl methyl sites for hydroxylation is 1. The average Bonchev–Trinajstić information content (AvgIpc) is 2.44. The molecule has 0 atom stereocenters. The lowest BCUT2D eigenvalue weighted by Crippen LogP contribution is -2.27. The van der Waals surface area contributed by atoms with E-state index in [0.29, 0.717) is 24.0 Å². The van der Waals surface area contributed by atoms with Crippen LogP contribution in [-0.4, -0.2) is 42.9 Å². The summed E-state index contributed by atoms with van der Waals surface area (Å²) in [5.41, 5.74) is 1.10. The fourth-order valence-electron chi connectivity index (χ4n) is 1.66. The first-order chi connectivity index (χ1) is 10.4. The summed E-state index contributed by atoms with van der Waals surface area (Å²) < 4.78 is 24.2. The van der Waals surface area contributed by atoms with Crippen molar-refractivity contribution in [2.45, 2.75) is 6.92 Å². The highest BCUT2D eigenvalue weighted by Gasteiger charge is 2.01. The van der Waals surface area contributed by atoms with Crippen LogP contribution in [0.15, 0.2) is 30.5 Å². The minimum Gasteiger partial charge on any atom is -0.367 e. The molecular formula is C13H18N6O2S. The van der Waals surface area contributed by atoms with Crippen LogP contribution in [0.25, 0.3) is 0 Å². The van der Waals surface area contributed by atoms with Crippen LogP contribution >= 0.6 is 0 Å². The first kappa shape index (κ1) is 16.1. The third kappa shape index (κ3) is 5.62. The molecule has 0 aromatic carbocycles. The molecule has 22 heavy (non-hydrogen) atoms. The Bertz CT molecular complexity index is 718. The van der Waals surface area contributed by atoms with E-state index in [-0.39, 0.29) is 6.54 Å². The first-order valence-corrected chi connectivity index (χ1v) is 8.53. The van der Waals surface area contributed by atoms with Gasteiger partial charge in [0.1, 0.15) is 11.6 Å². The van der Waals surface area contributed by atoms with Crippen molar-refractivity contribution in [2.75, 3.05) is 30.0 Å². The summed E-state index contributed by atoms with van der Waals surface area (Å²) in [6.07, 6.45) is 2.84. The molecule has 118 valence electrons. The number of rotatable bonds is 7. The van der Waals surface area contributed by atoms with Gasteiger partial charge in [0.2, 0.25) is 10.0 Å². The van der Waals surface area contributed by atoms with Gasteiger partial charge in [0.05, 0.1) is 6.26 Å². The normalized spacial score (nSPS) is 11.2. The van der Waals surface area contributed by atoms with Gasteiger partial charge in [-0.3, -0.25) is 0 Å². The Morgan fingerprint density at radius 1 is 1.05 bits per heavy atom. The number of anilines is 3. The van der Waals surface area contributed by atoms with Gasteiger partial charge >= 0.3 is 0 Å². The molecule has 0 aliphatic rings. The summed E-state index contributed by atoms with van der Waals surface area (Å²) in [6, 6.07) is 7.34. The van der Waals surface area contributed by atoms with Gasteiger partial charge in [-0.15, -0.1) is 10.2 Å². The molecule has 2 rings (SSSR count). The number of hydrogen-bond acceptors (Lipinski definition) is 7. The summed E-state index contributed by atoms with van der Waals surface area (Å²) in [7, 11) is -3.17. The van der Waals surface area contributed by atoms with E-state index in [4.69, 9.17) is 0 Å². The molecule has 0 unspecified atom stereocenters. The maximum Gasteiger partial charge on any atom is 0.208 e. The van der Waals surface area contributed by atoms with E-state index in [2.05, 4.69) is 30.5 Å². The number of nitrogens with one attached hydrogen (secondary N) is 3. The van der Waals surface area contributed by atoms with E-state index >= 15 is 0 Å². The smallest absolute Gasteiger partial charge is 0.208 e. The molecule has 2 aromatic heterocycles. The van der Waals surface area contributed by atoms with E-state index in [9.17, 15) is 8.42 Å². The lowest BCUT2D eigenvalue weighted by molar-refractivity contribution is 0.589. The topological polar surface area (TPSA) is 109 Å². The fraction of sp³-hybridized carbons (Fsp3) is 0.308. The first-order valence-electron chi connectivity index (χ1n) is 6.64. The van der Waals surface area contributed by atoms with Gasteiger partial charge in [0.15, 0.2) is 5.82 Å². The molecule has 0 radical (unpaired) electrons. The zero-order chi connectivity index (χ0) is 16.0. The summed E-state index contributed by atoms with van der Waals surface area (Å²) in [5, 5.41) is 14.1. The minimum absolute atomic E-state index is 0.285. The largest absolute Gasteiger partial charge is 0.367 e. The van der Waals surface area contributed by atoms with Crippen molar-refractivity contribution in [3.8, 4) is 0 Å². The van der Waals surface area contributed by atoms with Gasteiger partial charge in [-0.25, -0.2) is 18.1 Å². The van der Waals surface area contributed by atoms with Gasteiger partial charge in [0.25, 0.3) is 0 Å². The van der Waals surface area contributed by atoms with Crippen LogP contribution in [0.3, 0.4) is 0 Å². The van der Waals surface area contributed by atoms with Crippen molar-refractivity contribution in [1.82, 2.24) is 19.9 Å². The summed E-state index contributed by atoms with van der Waals surface area (Å²) >= 11 is 0. The zero-order valence-corrected chi connectivity index (χ0v) is 13.2. The molecule has 3 N–H and O–H groups in total. The number of aromatic nitrogens is 3. The summed E-state index contributed by atoms with van der Waals surface area (Å²) in [6.45, 7) is 2.69. The summed E-state index contributed by atoms with van der Waals surface area (Å²) in [4.78, 5) is 4.18. The van der Waals surface area contributed by atoms with Gasteiger partial charge < -0.3 is 10.6 Å². The minimum atomic E-state index is -3.17. The van der Waals surface area contributed by atoms with Crippen LogP contribution in [0.4, 0.5) is 17.5 Å². The molecule has 8 nitrogen and oxygen atoms in total. The van der Waals surface area contributed by atoms with Crippen molar-refractivity contribution >= 4 is 27.5 Å². The molecule has 9 heteroatoms. The highest BCUT2D eigenvalue weighted by atomic mass is 32.2. The molecule has 0 aliphatic carbocycles. The molecule has 2 aromatic rings. The third-order valence-electron chi connectivity index (χ3n) is 2.63. The molecule has 0 saturated carbocycles. The third-order valence-corrected chi connectivity index (χ3v) is 3.36. The maximum absolute atomic E-state index is 10.9. The quantitative estimate of drug-likeness (QED) is 0.649. The van der Waals surface area contributed by atoms with Crippen LogP contribution in [-0.2, 0) is 10.0 Å². The Morgan fingerprint density at radius 3 is 2.41 bits per heavy atom. The molecule has 0 amide bonds. The van der Waals surface area contributed by atoms with E-state index in [0.717, 1.165) is 11.8 Å². The van der Waals surface area contributed by atoms with E-state index in [1.54, 1.807) is 18.3 Å². The van der Waals surface area contributed by atoms with Crippen molar-refractivity contribution in [3.05, 3.63) is 36.0 Å². The van der Waals surface area contributed by atoms with Gasteiger partial charge in [-0.2, -0.15) is 0 Å². The lowest BCUT2D eigenvalue weighted by atomic mass is 10.3. The van der Waals surface area contributed by atoms with Crippen molar-refractivity contribution in [2.24, 2.45) is 0 Å². The van der Waals surface area contributed by atoms with Crippen LogP contribution in [0.1, 0.15) is 5.56 Å². The molecule has 0 saturated heterocycles. The second kappa shape index (κ2) is 7.14. The Morgan fingerprint density at radius 2 is 1.77 bits per heavy atom. The molecule has 0 spiro atoms. The van der Waals surface area contributed by atoms with E-state index < -0.39 is 10.0 Å². The second-order valence-electron chi connectivity index (χ2n) is 4.74. The molecule has 2 heterocycles. The van der Waals surface area contributed by atoms with Crippen molar-refractivity contribution in [1.29, 1.82) is 0 Å². The number of sulfonamides is 1. The van der Waals surface area contributed by atoms with E-state index in [1.165, 1.54) is 0 Å². The van der Waals surface area contributed by atoms with E-state index in [1.807, 2.05) is 19.1 Å². The molecule has 0 aliphatic heterocycles. The van der Waals surface area contributed by atoms with Gasteiger partial charge in [0, 0.05) is 19.3 Å². The van der Waals surface area contributed by atoms with Crippen LogP contribution < -0.4 is 15.4 Å². The lowest BCUT2D eigenvalue weighted by Gasteiger charge is -2.07. The second-order valence-corrected chi connectivity index (χ2v) is 6.57. The predicted molar refractivity (Wildman–Crippen MR) is 85.6 cm³/mol. The van der Waals surface area contributed by atoms with Crippen LogP contribution in [0.5, 0.6) is 0 Å². The summed E-state index contributed by atoms with van der Waals surface area (Å²) in [5.74, 6) is 1.85. The van der Waals surface area contributed by atoms with Gasteiger partial charge in [-0.1, -0.05) is 0 Å². The Labute approximate surface area is 129 Å². The molecule has 0 bridgehead atoms. The Balaban J connectivity index is 1.85. The average molecular weight is 322 g/mol. The number of hydrogen-bond donors (Lipinski definition) is 3. The van der Waals surface area contributed by atoms with Crippen LogP contribution in [0, 0.1) is 6.92 Å². The fourth-order valence-corrected chi connectivity index (χ4v) is 2.13. The number of nitrogens with zero attached hydrogens (tertiary/aromatic N) is 3.